The number of rotatable bonds is 3. The monoisotopic (exact) mass is 374 g/mol. The quantitative estimate of drug-likeness (QED) is 0.469. The summed E-state index contributed by atoms with van der Waals surface area (Å²) in [5, 5.41) is 2.52. The van der Waals surface area contributed by atoms with E-state index in [0.717, 1.165) is 12.8 Å². The van der Waals surface area contributed by atoms with Crippen LogP contribution in [0.5, 0.6) is 11.5 Å². The second-order valence-corrected chi connectivity index (χ2v) is 6.63. The summed E-state index contributed by atoms with van der Waals surface area (Å²) in [5.74, 6) is -1.97. The second-order valence-electron chi connectivity index (χ2n) is 6.63. The van der Waals surface area contributed by atoms with Crippen molar-refractivity contribution in [3.8, 4) is 11.5 Å². The molecule has 142 valence electrons. The van der Waals surface area contributed by atoms with E-state index < -0.39 is 23.6 Å². The van der Waals surface area contributed by atoms with Gasteiger partial charge in [0.15, 0.2) is 11.5 Å². The third-order valence-electron chi connectivity index (χ3n) is 4.58. The van der Waals surface area contributed by atoms with Crippen LogP contribution in [0.4, 0.5) is 5.69 Å². The number of amides is 4. The molecule has 0 spiro atoms. The predicted molar refractivity (Wildman–Crippen MR) is 90.5 cm³/mol. The molecule has 0 aromatic heterocycles. The number of hydrazine groups is 1. The summed E-state index contributed by atoms with van der Waals surface area (Å²) in [5.41, 5.74) is 4.89. The van der Waals surface area contributed by atoms with Crippen molar-refractivity contribution >= 4 is 29.3 Å². The maximum absolute atomic E-state index is 12.3. The molecule has 2 heterocycles. The predicted octanol–water partition coefficient (Wildman–Crippen LogP) is -0.806. The van der Waals surface area contributed by atoms with Gasteiger partial charge in [0.05, 0.1) is 5.92 Å². The molecule has 4 rings (SSSR count). The number of benzene rings is 1. The van der Waals surface area contributed by atoms with Gasteiger partial charge in [-0.3, -0.25) is 30.0 Å². The summed E-state index contributed by atoms with van der Waals surface area (Å²) in [7, 11) is 0. The summed E-state index contributed by atoms with van der Waals surface area (Å²) in [6, 6.07) is 5.15. The minimum atomic E-state index is -0.938. The van der Waals surface area contributed by atoms with Crippen LogP contribution in [-0.4, -0.2) is 43.0 Å². The molecule has 0 radical (unpaired) electrons. The number of hydrogen-bond donors (Lipinski definition) is 3. The Labute approximate surface area is 154 Å². The van der Waals surface area contributed by atoms with E-state index in [0.29, 0.717) is 17.2 Å². The first kappa shape index (κ1) is 17.1. The van der Waals surface area contributed by atoms with Crippen LogP contribution < -0.4 is 30.5 Å². The normalized spacial score (nSPS) is 20.4. The molecule has 1 aromatic carbocycles. The van der Waals surface area contributed by atoms with Crippen LogP contribution in [0.15, 0.2) is 18.2 Å². The van der Waals surface area contributed by atoms with Gasteiger partial charge in [-0.05, 0) is 25.0 Å². The Morgan fingerprint density at radius 3 is 2.59 bits per heavy atom. The highest BCUT2D eigenvalue weighted by Gasteiger charge is 2.36. The van der Waals surface area contributed by atoms with Crippen LogP contribution in [0, 0.1) is 5.92 Å². The molecular formula is C17H18N4O6. The summed E-state index contributed by atoms with van der Waals surface area (Å²) in [6.45, 7) is 0.292. The van der Waals surface area contributed by atoms with Crippen LogP contribution in [0.2, 0.25) is 0 Å². The molecule has 1 aliphatic carbocycles. The first-order chi connectivity index (χ1) is 13.0. The highest BCUT2D eigenvalue weighted by atomic mass is 16.7. The fraction of sp³-hybridized carbons (Fsp3) is 0.412. The van der Waals surface area contributed by atoms with E-state index in [1.165, 1.54) is 4.90 Å². The van der Waals surface area contributed by atoms with Gasteiger partial charge in [0.1, 0.15) is 0 Å². The maximum Gasteiger partial charge on any atom is 0.327 e. The van der Waals surface area contributed by atoms with Gasteiger partial charge >= 0.3 is 11.8 Å². The van der Waals surface area contributed by atoms with Crippen molar-refractivity contribution < 1.29 is 28.7 Å². The zero-order chi connectivity index (χ0) is 19.0. The minimum Gasteiger partial charge on any atom is -0.454 e. The molecular weight excluding hydrogens is 356 g/mol. The van der Waals surface area contributed by atoms with Crippen molar-refractivity contribution in [2.24, 2.45) is 5.92 Å². The smallest absolute Gasteiger partial charge is 0.327 e. The average molecular weight is 374 g/mol. The van der Waals surface area contributed by atoms with Crippen LogP contribution in [-0.2, 0) is 19.2 Å². The SMILES string of the molecule is O=C(NNC(=O)C1CC(=O)N(c2ccc3c(c2)OCO3)C1)C(=O)NC1CC1. The maximum atomic E-state index is 12.3. The summed E-state index contributed by atoms with van der Waals surface area (Å²) < 4.78 is 10.5. The van der Waals surface area contributed by atoms with Gasteiger partial charge in [0, 0.05) is 30.8 Å². The zero-order valence-corrected chi connectivity index (χ0v) is 14.3. The summed E-state index contributed by atoms with van der Waals surface area (Å²) in [4.78, 5) is 49.2. The molecule has 0 bridgehead atoms. The van der Waals surface area contributed by atoms with Crippen molar-refractivity contribution in [1.82, 2.24) is 16.2 Å². The Hall–Kier alpha value is -3.30. The van der Waals surface area contributed by atoms with Gasteiger partial charge in [0.2, 0.25) is 18.6 Å². The molecule has 4 amide bonds. The standard InChI is InChI=1S/C17H18N4O6/c22-14-5-9(15(23)19-20-17(25)16(24)18-10-1-2-10)7-21(14)11-3-4-12-13(6-11)27-8-26-12/h3-4,6,9-10H,1-2,5,7-8H2,(H,18,24)(H,19,23)(H,20,25). The summed E-state index contributed by atoms with van der Waals surface area (Å²) >= 11 is 0. The first-order valence-electron chi connectivity index (χ1n) is 8.62. The van der Waals surface area contributed by atoms with E-state index in [9.17, 15) is 19.2 Å². The van der Waals surface area contributed by atoms with Gasteiger partial charge < -0.3 is 19.7 Å². The van der Waals surface area contributed by atoms with E-state index in [2.05, 4.69) is 16.2 Å². The fourth-order valence-corrected chi connectivity index (χ4v) is 2.94. The number of ether oxygens (including phenoxy) is 2. The van der Waals surface area contributed by atoms with Crippen LogP contribution in [0.3, 0.4) is 0 Å². The lowest BCUT2D eigenvalue weighted by molar-refractivity contribution is -0.141. The van der Waals surface area contributed by atoms with Gasteiger partial charge in [-0.1, -0.05) is 0 Å². The molecule has 1 saturated heterocycles. The Balaban J connectivity index is 1.32. The molecule has 1 unspecified atom stereocenters. The Bertz CT molecular complexity index is 822. The molecule has 2 fully saturated rings. The van der Waals surface area contributed by atoms with Crippen LogP contribution in [0.25, 0.3) is 0 Å². The zero-order valence-electron chi connectivity index (χ0n) is 14.3. The topological polar surface area (TPSA) is 126 Å². The Morgan fingerprint density at radius 2 is 1.81 bits per heavy atom. The number of carbonyl (C=O) groups is 4. The van der Waals surface area contributed by atoms with Crippen molar-refractivity contribution in [2.75, 3.05) is 18.2 Å². The van der Waals surface area contributed by atoms with Crippen LogP contribution in [0.1, 0.15) is 19.3 Å². The molecule has 2 aliphatic heterocycles. The summed E-state index contributed by atoms with van der Waals surface area (Å²) in [6.07, 6.45) is 1.71. The number of anilines is 1. The lowest BCUT2D eigenvalue weighted by Crippen LogP contribution is -2.50. The van der Waals surface area contributed by atoms with Gasteiger partial charge in [-0.2, -0.15) is 0 Å². The number of carbonyl (C=O) groups excluding carboxylic acids is 4. The largest absolute Gasteiger partial charge is 0.454 e. The Kier molecular flexibility index (Phi) is 4.30. The molecule has 1 aromatic rings. The molecule has 10 heteroatoms. The lowest BCUT2D eigenvalue weighted by atomic mass is 10.1. The van der Waals surface area contributed by atoms with E-state index >= 15 is 0 Å². The Morgan fingerprint density at radius 1 is 1.04 bits per heavy atom. The van der Waals surface area contributed by atoms with Gasteiger partial charge in [0.25, 0.3) is 0 Å². The number of nitrogens with one attached hydrogen (secondary N) is 3. The first-order valence-corrected chi connectivity index (χ1v) is 8.62. The molecule has 3 aliphatic rings. The minimum absolute atomic E-state index is 0.00438. The molecule has 3 N–H and O–H groups in total. The number of nitrogens with zero attached hydrogens (tertiary/aromatic N) is 1. The van der Waals surface area contributed by atoms with E-state index in [1.807, 2.05) is 0 Å². The molecule has 1 saturated carbocycles. The molecule has 1 atom stereocenters. The average Bonchev–Trinajstić information content (AvgIpc) is 3.19. The third kappa shape index (κ3) is 3.64. The van der Waals surface area contributed by atoms with E-state index in [-0.39, 0.29) is 31.7 Å². The highest BCUT2D eigenvalue weighted by molar-refractivity contribution is 6.35. The van der Waals surface area contributed by atoms with Crippen molar-refractivity contribution in [1.29, 1.82) is 0 Å². The van der Waals surface area contributed by atoms with Gasteiger partial charge in [-0.15, -0.1) is 0 Å². The van der Waals surface area contributed by atoms with E-state index in [4.69, 9.17) is 9.47 Å². The van der Waals surface area contributed by atoms with Crippen molar-refractivity contribution in [3.05, 3.63) is 18.2 Å². The van der Waals surface area contributed by atoms with Crippen molar-refractivity contribution in [3.63, 3.8) is 0 Å². The van der Waals surface area contributed by atoms with Crippen LogP contribution >= 0.6 is 0 Å². The highest BCUT2D eigenvalue weighted by Crippen LogP contribution is 2.37. The third-order valence-corrected chi connectivity index (χ3v) is 4.58. The number of hydrogen-bond acceptors (Lipinski definition) is 6. The number of fused-ring (bicyclic) bond motifs is 1. The van der Waals surface area contributed by atoms with Crippen molar-refractivity contribution in [2.45, 2.75) is 25.3 Å². The fourth-order valence-electron chi connectivity index (χ4n) is 2.94. The molecule has 10 nitrogen and oxygen atoms in total. The second kappa shape index (κ2) is 6.78. The molecule has 27 heavy (non-hydrogen) atoms. The lowest BCUT2D eigenvalue weighted by Gasteiger charge is -2.17. The van der Waals surface area contributed by atoms with E-state index in [1.54, 1.807) is 18.2 Å². The van der Waals surface area contributed by atoms with Gasteiger partial charge in [-0.25, -0.2) is 0 Å².